The van der Waals surface area contributed by atoms with Crippen molar-refractivity contribution in [3.8, 4) is 28.2 Å². The second-order valence-corrected chi connectivity index (χ2v) is 6.52. The Bertz CT molecular complexity index is 965. The highest BCUT2D eigenvalue weighted by atomic mass is 32.1. The number of allylic oxidation sites excluding steroid dienone is 1. The number of aromatic nitrogens is 2. The highest BCUT2D eigenvalue weighted by molar-refractivity contribution is 7.13. The van der Waals surface area contributed by atoms with E-state index >= 15 is 0 Å². The van der Waals surface area contributed by atoms with Crippen LogP contribution in [0.5, 0.6) is 5.75 Å². The SMILES string of the molecule is C=CCc1ccccc1OCC#CCNC(=O)c1cc(-c2cccs2)[nH]n1. The molecule has 0 radical (unpaired) electrons. The summed E-state index contributed by atoms with van der Waals surface area (Å²) in [7, 11) is 0. The van der Waals surface area contributed by atoms with E-state index in [0.717, 1.165) is 28.3 Å². The van der Waals surface area contributed by atoms with Gasteiger partial charge in [-0.2, -0.15) is 5.10 Å². The number of carbonyl (C=O) groups is 1. The molecule has 3 rings (SSSR count). The van der Waals surface area contributed by atoms with E-state index in [1.54, 1.807) is 17.4 Å². The summed E-state index contributed by atoms with van der Waals surface area (Å²) in [6.45, 7) is 4.24. The predicted molar refractivity (Wildman–Crippen MR) is 108 cm³/mol. The number of H-pyrrole nitrogens is 1. The van der Waals surface area contributed by atoms with Gasteiger partial charge in [-0.15, -0.1) is 17.9 Å². The van der Waals surface area contributed by atoms with E-state index in [9.17, 15) is 4.79 Å². The molecule has 136 valence electrons. The van der Waals surface area contributed by atoms with Crippen molar-refractivity contribution >= 4 is 17.2 Å². The molecule has 0 fully saturated rings. The summed E-state index contributed by atoms with van der Waals surface area (Å²) >= 11 is 1.59. The standard InChI is InChI=1S/C21H19N3O2S/c1-2-8-16-9-3-4-10-19(16)26-13-6-5-12-22-21(25)18-15-17(23-24-18)20-11-7-14-27-20/h2-4,7,9-11,14-15H,1,8,12-13H2,(H,22,25)(H,23,24). The summed E-state index contributed by atoms with van der Waals surface area (Å²) in [4.78, 5) is 13.1. The summed E-state index contributed by atoms with van der Waals surface area (Å²) in [5, 5.41) is 11.6. The lowest BCUT2D eigenvalue weighted by Crippen LogP contribution is -2.24. The second-order valence-electron chi connectivity index (χ2n) is 5.57. The second kappa shape index (κ2) is 9.41. The first kappa shape index (κ1) is 18.5. The van der Waals surface area contributed by atoms with Gasteiger partial charge in [-0.05, 0) is 35.6 Å². The molecule has 0 unspecified atom stereocenters. The van der Waals surface area contributed by atoms with E-state index in [4.69, 9.17) is 4.74 Å². The van der Waals surface area contributed by atoms with E-state index in [2.05, 4.69) is 33.9 Å². The number of rotatable bonds is 7. The Labute approximate surface area is 162 Å². The Hall–Kier alpha value is -3.30. The number of para-hydroxylation sites is 1. The van der Waals surface area contributed by atoms with Crippen LogP contribution >= 0.6 is 11.3 Å². The summed E-state index contributed by atoms with van der Waals surface area (Å²) in [6, 6.07) is 13.4. The Morgan fingerprint density at radius 1 is 1.30 bits per heavy atom. The van der Waals surface area contributed by atoms with E-state index in [1.165, 1.54) is 0 Å². The van der Waals surface area contributed by atoms with Gasteiger partial charge in [0.05, 0.1) is 17.1 Å². The Morgan fingerprint density at radius 2 is 2.19 bits per heavy atom. The quantitative estimate of drug-likeness (QED) is 0.488. The highest BCUT2D eigenvalue weighted by Crippen LogP contribution is 2.22. The van der Waals surface area contributed by atoms with Crippen LogP contribution in [0.2, 0.25) is 0 Å². The van der Waals surface area contributed by atoms with Crippen LogP contribution in [0.15, 0.2) is 60.5 Å². The van der Waals surface area contributed by atoms with Gasteiger partial charge in [0.15, 0.2) is 5.69 Å². The molecular formula is C21H19N3O2S. The van der Waals surface area contributed by atoms with Crippen LogP contribution in [-0.2, 0) is 6.42 Å². The molecule has 0 aliphatic carbocycles. The van der Waals surface area contributed by atoms with Gasteiger partial charge in [0.2, 0.25) is 0 Å². The lowest BCUT2D eigenvalue weighted by Gasteiger charge is -2.07. The summed E-state index contributed by atoms with van der Waals surface area (Å²) in [5.41, 5.74) is 2.24. The number of hydrogen-bond donors (Lipinski definition) is 2. The number of thiophene rings is 1. The Balaban J connectivity index is 1.45. The van der Waals surface area contributed by atoms with Crippen LogP contribution in [0.25, 0.3) is 10.6 Å². The first-order valence-corrected chi connectivity index (χ1v) is 9.30. The normalized spacial score (nSPS) is 9.93. The molecule has 0 aliphatic heterocycles. The first-order chi connectivity index (χ1) is 13.3. The molecule has 2 aromatic heterocycles. The minimum atomic E-state index is -0.263. The van der Waals surface area contributed by atoms with Gasteiger partial charge in [-0.25, -0.2) is 0 Å². The zero-order chi connectivity index (χ0) is 18.9. The van der Waals surface area contributed by atoms with Crippen LogP contribution in [0.4, 0.5) is 0 Å². The van der Waals surface area contributed by atoms with Crippen molar-refractivity contribution in [1.82, 2.24) is 15.5 Å². The molecule has 0 bridgehead atoms. The fourth-order valence-electron chi connectivity index (χ4n) is 2.41. The van der Waals surface area contributed by atoms with E-state index in [-0.39, 0.29) is 19.1 Å². The molecule has 1 amide bonds. The molecule has 0 spiro atoms. The zero-order valence-corrected chi connectivity index (χ0v) is 15.5. The first-order valence-electron chi connectivity index (χ1n) is 8.42. The molecule has 3 aromatic rings. The van der Waals surface area contributed by atoms with Crippen molar-refractivity contribution in [2.24, 2.45) is 0 Å². The van der Waals surface area contributed by atoms with Gasteiger partial charge < -0.3 is 10.1 Å². The third kappa shape index (κ3) is 5.09. The monoisotopic (exact) mass is 377 g/mol. The van der Waals surface area contributed by atoms with Crippen LogP contribution in [-0.4, -0.2) is 29.3 Å². The van der Waals surface area contributed by atoms with Gasteiger partial charge >= 0.3 is 0 Å². The molecule has 0 aliphatic rings. The van der Waals surface area contributed by atoms with Crippen LogP contribution < -0.4 is 10.1 Å². The average Bonchev–Trinajstić information content (AvgIpc) is 3.37. The third-order valence-electron chi connectivity index (χ3n) is 3.70. The van der Waals surface area contributed by atoms with Gasteiger partial charge in [-0.1, -0.05) is 42.2 Å². The number of hydrogen-bond acceptors (Lipinski definition) is 4. The number of nitrogens with zero attached hydrogens (tertiary/aromatic N) is 1. The minimum Gasteiger partial charge on any atom is -0.481 e. The van der Waals surface area contributed by atoms with E-state index in [0.29, 0.717) is 5.69 Å². The van der Waals surface area contributed by atoms with Crippen molar-refractivity contribution in [1.29, 1.82) is 0 Å². The largest absolute Gasteiger partial charge is 0.481 e. The van der Waals surface area contributed by atoms with Gasteiger partial charge in [0.1, 0.15) is 12.4 Å². The molecule has 0 saturated carbocycles. The van der Waals surface area contributed by atoms with Crippen LogP contribution in [0.3, 0.4) is 0 Å². The smallest absolute Gasteiger partial charge is 0.272 e. The summed E-state index contributed by atoms with van der Waals surface area (Å²) in [6.07, 6.45) is 2.58. The third-order valence-corrected chi connectivity index (χ3v) is 4.60. The Morgan fingerprint density at radius 3 is 3.00 bits per heavy atom. The number of carbonyl (C=O) groups excluding carboxylic acids is 1. The molecule has 0 atom stereocenters. The maximum Gasteiger partial charge on any atom is 0.272 e. The number of aromatic amines is 1. The number of amides is 1. The molecule has 6 heteroatoms. The van der Waals surface area contributed by atoms with Gasteiger partial charge in [-0.3, -0.25) is 9.89 Å². The number of ether oxygens (including phenoxy) is 1. The number of benzene rings is 1. The lowest BCUT2D eigenvalue weighted by atomic mass is 10.1. The van der Waals surface area contributed by atoms with Crippen LogP contribution in [0, 0.1) is 11.8 Å². The Kier molecular flexibility index (Phi) is 6.45. The maximum atomic E-state index is 12.1. The fraction of sp³-hybridized carbons (Fsp3) is 0.143. The lowest BCUT2D eigenvalue weighted by molar-refractivity contribution is 0.0953. The minimum absolute atomic E-state index is 0.234. The number of nitrogens with one attached hydrogen (secondary N) is 2. The molecule has 2 N–H and O–H groups in total. The van der Waals surface area contributed by atoms with E-state index < -0.39 is 0 Å². The van der Waals surface area contributed by atoms with Crippen molar-refractivity contribution < 1.29 is 9.53 Å². The van der Waals surface area contributed by atoms with Crippen LogP contribution in [0.1, 0.15) is 16.1 Å². The highest BCUT2D eigenvalue weighted by Gasteiger charge is 2.10. The molecule has 1 aromatic carbocycles. The van der Waals surface area contributed by atoms with Crippen molar-refractivity contribution in [3.05, 3.63) is 71.8 Å². The van der Waals surface area contributed by atoms with Crippen molar-refractivity contribution in [3.63, 3.8) is 0 Å². The molecule has 5 nitrogen and oxygen atoms in total. The van der Waals surface area contributed by atoms with Gasteiger partial charge in [0, 0.05) is 0 Å². The molecular weight excluding hydrogens is 358 g/mol. The summed E-state index contributed by atoms with van der Waals surface area (Å²) < 4.78 is 5.68. The predicted octanol–water partition coefficient (Wildman–Crippen LogP) is 3.68. The van der Waals surface area contributed by atoms with E-state index in [1.807, 2.05) is 47.9 Å². The topological polar surface area (TPSA) is 67.0 Å². The molecule has 0 saturated heterocycles. The zero-order valence-electron chi connectivity index (χ0n) is 14.7. The maximum absolute atomic E-state index is 12.1. The molecule has 2 heterocycles. The van der Waals surface area contributed by atoms with Crippen molar-refractivity contribution in [2.75, 3.05) is 13.2 Å². The average molecular weight is 377 g/mol. The van der Waals surface area contributed by atoms with Gasteiger partial charge in [0.25, 0.3) is 5.91 Å². The fourth-order valence-corrected chi connectivity index (χ4v) is 3.10. The summed E-state index contributed by atoms with van der Waals surface area (Å²) in [5.74, 6) is 6.31. The molecule has 27 heavy (non-hydrogen) atoms. The van der Waals surface area contributed by atoms with Crippen molar-refractivity contribution in [2.45, 2.75) is 6.42 Å².